The smallest absolute Gasteiger partial charge is 0.0751 e. The van der Waals surface area contributed by atoms with Crippen molar-refractivity contribution in [2.75, 3.05) is 6.54 Å². The first-order chi connectivity index (χ1) is 9.42. The van der Waals surface area contributed by atoms with Gasteiger partial charge in [-0.3, -0.25) is 4.98 Å². The van der Waals surface area contributed by atoms with Gasteiger partial charge in [-0.15, -0.1) is 11.8 Å². The van der Waals surface area contributed by atoms with E-state index in [4.69, 9.17) is 0 Å². The highest BCUT2D eigenvalue weighted by Gasteiger charge is 2.13. The molecular weight excluding hydrogens is 232 g/mol. The fraction of sp³-hybridized carbons (Fsp3) is 0.235. The Morgan fingerprint density at radius 3 is 2.58 bits per heavy atom. The summed E-state index contributed by atoms with van der Waals surface area (Å²) in [5.41, 5.74) is 2.27. The Bertz CT molecular complexity index is 498. The second-order valence-electron chi connectivity index (χ2n) is 4.23. The van der Waals surface area contributed by atoms with E-state index >= 15 is 0 Å². The minimum atomic E-state index is 0.126. The molecule has 96 valence electrons. The molecule has 1 N–H and O–H groups in total. The molecule has 1 unspecified atom stereocenters. The van der Waals surface area contributed by atoms with Crippen molar-refractivity contribution in [3.8, 4) is 11.8 Å². The zero-order valence-electron chi connectivity index (χ0n) is 11.1. The molecule has 0 bridgehead atoms. The molecule has 1 aromatic heterocycles. The first-order valence-electron chi connectivity index (χ1n) is 6.50. The van der Waals surface area contributed by atoms with Crippen molar-refractivity contribution in [3.05, 3.63) is 66.0 Å². The largest absolute Gasteiger partial charge is 0.304 e. The third kappa shape index (κ3) is 3.94. The Morgan fingerprint density at radius 2 is 1.89 bits per heavy atom. The predicted molar refractivity (Wildman–Crippen MR) is 78.6 cm³/mol. The van der Waals surface area contributed by atoms with E-state index in [9.17, 15) is 0 Å². The normalized spacial score (nSPS) is 11.4. The minimum absolute atomic E-state index is 0.126. The molecule has 2 rings (SSSR count). The maximum Gasteiger partial charge on any atom is 0.0751 e. The Kier molecular flexibility index (Phi) is 5.16. The highest BCUT2D eigenvalue weighted by molar-refractivity contribution is 5.27. The SMILES string of the molecule is CC#CCCNC(c1ccccc1)c1ccccn1. The van der Waals surface area contributed by atoms with Gasteiger partial charge in [0.1, 0.15) is 0 Å². The first kappa shape index (κ1) is 13.3. The number of hydrogen-bond donors (Lipinski definition) is 1. The fourth-order valence-electron chi connectivity index (χ4n) is 1.99. The summed E-state index contributed by atoms with van der Waals surface area (Å²) < 4.78 is 0. The average molecular weight is 250 g/mol. The number of nitrogens with one attached hydrogen (secondary N) is 1. The van der Waals surface area contributed by atoms with E-state index in [0.717, 1.165) is 18.7 Å². The third-order valence-corrected chi connectivity index (χ3v) is 2.89. The lowest BCUT2D eigenvalue weighted by Crippen LogP contribution is -2.24. The van der Waals surface area contributed by atoms with Gasteiger partial charge in [0, 0.05) is 19.2 Å². The van der Waals surface area contributed by atoms with Gasteiger partial charge in [0.05, 0.1) is 11.7 Å². The quantitative estimate of drug-likeness (QED) is 0.651. The van der Waals surface area contributed by atoms with Crippen LogP contribution in [0, 0.1) is 11.8 Å². The van der Waals surface area contributed by atoms with E-state index in [2.05, 4.69) is 52.5 Å². The molecule has 2 nitrogen and oxygen atoms in total. The van der Waals surface area contributed by atoms with Gasteiger partial charge in [0.2, 0.25) is 0 Å². The molecule has 0 spiro atoms. The summed E-state index contributed by atoms with van der Waals surface area (Å²) >= 11 is 0. The molecule has 1 aromatic carbocycles. The van der Waals surface area contributed by atoms with E-state index in [-0.39, 0.29) is 6.04 Å². The lowest BCUT2D eigenvalue weighted by Gasteiger charge is -2.18. The van der Waals surface area contributed by atoms with Gasteiger partial charge in [-0.25, -0.2) is 0 Å². The standard InChI is InChI=1S/C17H18N2/c1-2-3-8-14-19-17(15-10-5-4-6-11-15)16-12-7-9-13-18-16/h4-7,9-13,17,19H,8,14H2,1H3. The summed E-state index contributed by atoms with van der Waals surface area (Å²) in [6.07, 6.45) is 2.69. The van der Waals surface area contributed by atoms with Crippen LogP contribution in [-0.4, -0.2) is 11.5 Å². The highest BCUT2D eigenvalue weighted by Crippen LogP contribution is 2.19. The van der Waals surface area contributed by atoms with Crippen LogP contribution in [-0.2, 0) is 0 Å². The van der Waals surface area contributed by atoms with Crippen molar-refractivity contribution in [2.24, 2.45) is 0 Å². The second kappa shape index (κ2) is 7.35. The van der Waals surface area contributed by atoms with Gasteiger partial charge in [0.25, 0.3) is 0 Å². The van der Waals surface area contributed by atoms with Gasteiger partial charge >= 0.3 is 0 Å². The number of rotatable bonds is 5. The molecule has 2 aromatic rings. The molecular formula is C17H18N2. The maximum atomic E-state index is 4.46. The minimum Gasteiger partial charge on any atom is -0.304 e. The van der Waals surface area contributed by atoms with Gasteiger partial charge in [0.15, 0.2) is 0 Å². The highest BCUT2D eigenvalue weighted by atomic mass is 14.9. The monoisotopic (exact) mass is 250 g/mol. The van der Waals surface area contributed by atoms with Crippen molar-refractivity contribution in [2.45, 2.75) is 19.4 Å². The number of benzene rings is 1. The Labute approximate surface area is 114 Å². The van der Waals surface area contributed by atoms with E-state index in [0.29, 0.717) is 0 Å². The molecule has 19 heavy (non-hydrogen) atoms. The van der Waals surface area contributed by atoms with Gasteiger partial charge in [-0.05, 0) is 24.6 Å². The number of hydrogen-bond acceptors (Lipinski definition) is 2. The second-order valence-corrected chi connectivity index (χ2v) is 4.23. The summed E-state index contributed by atoms with van der Waals surface area (Å²) in [7, 11) is 0. The van der Waals surface area contributed by atoms with Crippen LogP contribution in [0.5, 0.6) is 0 Å². The molecule has 0 saturated heterocycles. The summed E-state index contributed by atoms with van der Waals surface area (Å²) in [4.78, 5) is 4.46. The number of pyridine rings is 1. The lowest BCUT2D eigenvalue weighted by atomic mass is 10.0. The van der Waals surface area contributed by atoms with Crippen LogP contribution in [0.15, 0.2) is 54.7 Å². The average Bonchev–Trinajstić information content (AvgIpc) is 2.49. The topological polar surface area (TPSA) is 24.9 Å². The van der Waals surface area contributed by atoms with E-state index in [1.165, 1.54) is 5.56 Å². The van der Waals surface area contributed by atoms with Crippen molar-refractivity contribution in [1.29, 1.82) is 0 Å². The summed E-state index contributed by atoms with van der Waals surface area (Å²) in [6, 6.07) is 16.5. The molecule has 0 fully saturated rings. The van der Waals surface area contributed by atoms with Crippen LogP contribution in [0.4, 0.5) is 0 Å². The zero-order valence-corrected chi connectivity index (χ0v) is 11.1. The molecule has 0 amide bonds. The Morgan fingerprint density at radius 1 is 1.11 bits per heavy atom. The molecule has 0 aliphatic heterocycles. The molecule has 1 atom stereocenters. The van der Waals surface area contributed by atoms with Crippen LogP contribution in [0.1, 0.15) is 30.6 Å². The van der Waals surface area contributed by atoms with Gasteiger partial charge in [-0.1, -0.05) is 36.4 Å². The van der Waals surface area contributed by atoms with E-state index in [1.807, 2.05) is 31.3 Å². The summed E-state index contributed by atoms with van der Waals surface area (Å²) in [5.74, 6) is 5.99. The van der Waals surface area contributed by atoms with Crippen LogP contribution in [0.25, 0.3) is 0 Å². The Balaban J connectivity index is 2.16. The van der Waals surface area contributed by atoms with Gasteiger partial charge in [-0.2, -0.15) is 0 Å². The van der Waals surface area contributed by atoms with Crippen molar-refractivity contribution >= 4 is 0 Å². The summed E-state index contributed by atoms with van der Waals surface area (Å²) in [5, 5.41) is 3.52. The first-order valence-corrected chi connectivity index (χ1v) is 6.50. The molecule has 0 radical (unpaired) electrons. The molecule has 0 aliphatic carbocycles. The third-order valence-electron chi connectivity index (χ3n) is 2.89. The van der Waals surface area contributed by atoms with Crippen LogP contribution >= 0.6 is 0 Å². The lowest BCUT2D eigenvalue weighted by molar-refractivity contribution is 0.601. The fourth-order valence-corrected chi connectivity index (χ4v) is 1.99. The molecule has 2 heteroatoms. The predicted octanol–water partition coefficient (Wildman–Crippen LogP) is 3.17. The van der Waals surface area contributed by atoms with Crippen molar-refractivity contribution < 1.29 is 0 Å². The molecule has 0 aliphatic rings. The van der Waals surface area contributed by atoms with Crippen LogP contribution in [0.3, 0.4) is 0 Å². The van der Waals surface area contributed by atoms with Crippen molar-refractivity contribution in [3.63, 3.8) is 0 Å². The van der Waals surface area contributed by atoms with Gasteiger partial charge < -0.3 is 5.32 Å². The van der Waals surface area contributed by atoms with E-state index in [1.54, 1.807) is 0 Å². The number of aromatic nitrogens is 1. The number of nitrogens with zero attached hydrogens (tertiary/aromatic N) is 1. The Hall–Kier alpha value is -2.11. The molecule has 1 heterocycles. The zero-order chi connectivity index (χ0) is 13.3. The van der Waals surface area contributed by atoms with Crippen LogP contribution in [0.2, 0.25) is 0 Å². The maximum absolute atomic E-state index is 4.46. The van der Waals surface area contributed by atoms with E-state index < -0.39 is 0 Å². The van der Waals surface area contributed by atoms with Crippen LogP contribution < -0.4 is 5.32 Å². The molecule has 0 saturated carbocycles. The van der Waals surface area contributed by atoms with Crippen molar-refractivity contribution in [1.82, 2.24) is 10.3 Å². The summed E-state index contributed by atoms with van der Waals surface area (Å²) in [6.45, 7) is 2.73.